The summed E-state index contributed by atoms with van der Waals surface area (Å²) in [7, 11) is 0. The van der Waals surface area contributed by atoms with Crippen molar-refractivity contribution < 1.29 is 49.3 Å². The number of nitrogens with one attached hydrogen (secondary N) is 1. The first kappa shape index (κ1) is 70.9. The van der Waals surface area contributed by atoms with Gasteiger partial charge in [0, 0.05) is 6.42 Å². The number of hydrogen-bond donors (Lipinski definition) is 6. The maximum atomic E-state index is 13.4. The zero-order valence-electron chi connectivity index (χ0n) is 48.3. The monoisotopic (exact) mass is 1070 g/mol. The van der Waals surface area contributed by atoms with E-state index >= 15 is 0 Å². The molecule has 0 aliphatic carbocycles. The predicted octanol–water partition coefficient (Wildman–Crippen LogP) is 14.6. The number of aliphatic hydroxyl groups excluding tert-OH is 5. The average molecular weight is 1070 g/mol. The van der Waals surface area contributed by atoms with Gasteiger partial charge in [0.05, 0.1) is 25.4 Å². The summed E-state index contributed by atoms with van der Waals surface area (Å²) in [6, 6.07) is -1.04. The molecule has 11 heteroatoms. The Kier molecular flexibility index (Phi) is 49.0. The Morgan fingerprint density at radius 1 is 0.526 bits per heavy atom. The van der Waals surface area contributed by atoms with Gasteiger partial charge in [-0.25, -0.2) is 0 Å². The standard InChI is InChI=1S/C65H113NO10/c1-4-7-10-13-16-19-22-25-27-28-29-30-31-32-34-37-40-43-46-49-52-58(69)64(73)66-56(57(68)51-48-45-42-39-36-33-24-21-18-15-12-9-6-3)55-74-65-63(62(72)61(71)59(54-67)75-65)76-60(70)53-50-47-44-41-38-35-26-23-20-17-14-11-8-5-2/h8,11,16-17,19-20,25-27,29-30,35,48,51,56-59,61-63,65,67-69,71-72H,4-7,9-10,12-15,18,21-24,28,31-34,36-47,49-50,52-55H2,1-3H3,(H,66,73)/b11-8+,19-16-,20-17+,27-25-,30-29-,35-26+,51-48+. The second-order valence-electron chi connectivity index (χ2n) is 21.0. The van der Waals surface area contributed by atoms with E-state index in [0.29, 0.717) is 12.8 Å². The highest BCUT2D eigenvalue weighted by molar-refractivity contribution is 5.80. The summed E-state index contributed by atoms with van der Waals surface area (Å²) in [5, 5.41) is 57.0. The molecule has 1 aliphatic rings. The minimum Gasteiger partial charge on any atom is -0.454 e. The topological polar surface area (TPSA) is 175 Å². The molecule has 11 nitrogen and oxygen atoms in total. The number of esters is 1. The molecule has 1 fully saturated rings. The van der Waals surface area contributed by atoms with Crippen LogP contribution in [-0.4, -0.2) is 99.6 Å². The van der Waals surface area contributed by atoms with Gasteiger partial charge in [0.1, 0.15) is 24.4 Å². The smallest absolute Gasteiger partial charge is 0.306 e. The van der Waals surface area contributed by atoms with Crippen molar-refractivity contribution >= 4 is 11.9 Å². The highest BCUT2D eigenvalue weighted by atomic mass is 16.7. The first-order valence-electron chi connectivity index (χ1n) is 30.9. The van der Waals surface area contributed by atoms with Crippen LogP contribution in [-0.2, 0) is 23.8 Å². The van der Waals surface area contributed by atoms with Crippen LogP contribution < -0.4 is 5.32 Å². The van der Waals surface area contributed by atoms with Gasteiger partial charge in [0.15, 0.2) is 12.4 Å². The maximum Gasteiger partial charge on any atom is 0.306 e. The first-order valence-corrected chi connectivity index (χ1v) is 30.9. The van der Waals surface area contributed by atoms with Crippen LogP contribution in [0.1, 0.15) is 252 Å². The molecule has 1 rings (SSSR count). The molecular weight excluding hydrogens is 955 g/mol. The summed E-state index contributed by atoms with van der Waals surface area (Å²) in [5.41, 5.74) is 0. The van der Waals surface area contributed by atoms with Gasteiger partial charge in [-0.3, -0.25) is 9.59 Å². The summed E-state index contributed by atoms with van der Waals surface area (Å²) < 4.78 is 17.6. The maximum absolute atomic E-state index is 13.4. The van der Waals surface area contributed by atoms with E-state index in [2.05, 4.69) is 99.0 Å². The molecule has 0 aromatic heterocycles. The van der Waals surface area contributed by atoms with Gasteiger partial charge in [0.2, 0.25) is 5.91 Å². The molecule has 438 valence electrons. The van der Waals surface area contributed by atoms with Crippen molar-refractivity contribution in [2.24, 2.45) is 0 Å². The molecule has 8 atom stereocenters. The highest BCUT2D eigenvalue weighted by Crippen LogP contribution is 2.26. The van der Waals surface area contributed by atoms with Gasteiger partial charge in [-0.05, 0) is 96.3 Å². The van der Waals surface area contributed by atoms with E-state index in [1.54, 1.807) is 6.08 Å². The Bertz CT molecular complexity index is 1560. The molecule has 1 saturated heterocycles. The second-order valence-corrected chi connectivity index (χ2v) is 21.0. The third-order valence-corrected chi connectivity index (χ3v) is 14.0. The lowest BCUT2D eigenvalue weighted by molar-refractivity contribution is -0.305. The summed E-state index contributed by atoms with van der Waals surface area (Å²) in [6.45, 7) is 5.63. The van der Waals surface area contributed by atoms with Crippen molar-refractivity contribution in [3.63, 3.8) is 0 Å². The van der Waals surface area contributed by atoms with Crippen molar-refractivity contribution in [2.75, 3.05) is 13.2 Å². The molecule has 0 bridgehead atoms. The fraction of sp³-hybridized carbons (Fsp3) is 0.754. The van der Waals surface area contributed by atoms with Crippen LogP contribution in [0.4, 0.5) is 0 Å². The van der Waals surface area contributed by atoms with Crippen molar-refractivity contribution in [3.8, 4) is 0 Å². The van der Waals surface area contributed by atoms with Crippen LogP contribution in [0.3, 0.4) is 0 Å². The van der Waals surface area contributed by atoms with E-state index in [1.165, 1.54) is 96.3 Å². The van der Waals surface area contributed by atoms with Crippen molar-refractivity contribution in [2.45, 2.75) is 301 Å². The molecule has 0 spiro atoms. The SMILES string of the molecule is CC/C=C/C/C=C/C/C=C/CCCCCCC(=O)OC1C(OCC(NC(=O)C(O)CCCCCCCCC/C=C\C/C=C\C/C=C\CCCCC)C(O)/C=C/CCCCCCCCCCCCC)OC(CO)C(O)C1O. The average Bonchev–Trinajstić information content (AvgIpc) is 3.42. The van der Waals surface area contributed by atoms with Gasteiger partial charge in [-0.1, -0.05) is 234 Å². The van der Waals surface area contributed by atoms with E-state index in [0.717, 1.165) is 109 Å². The molecule has 0 radical (unpaired) electrons. The Morgan fingerprint density at radius 3 is 1.45 bits per heavy atom. The molecule has 1 amide bonds. The minimum atomic E-state index is -1.63. The predicted molar refractivity (Wildman–Crippen MR) is 315 cm³/mol. The number of carbonyl (C=O) groups is 2. The molecule has 0 aromatic rings. The minimum absolute atomic E-state index is 0.0934. The molecule has 6 N–H and O–H groups in total. The summed E-state index contributed by atoms with van der Waals surface area (Å²) >= 11 is 0. The quantitative estimate of drug-likeness (QED) is 0.0195. The zero-order chi connectivity index (χ0) is 55.4. The van der Waals surface area contributed by atoms with Crippen LogP contribution in [0.25, 0.3) is 0 Å². The molecule has 1 aliphatic heterocycles. The highest BCUT2D eigenvalue weighted by Gasteiger charge is 2.47. The van der Waals surface area contributed by atoms with Crippen LogP contribution in [0.5, 0.6) is 0 Å². The normalized spacial score (nSPS) is 19.7. The van der Waals surface area contributed by atoms with Crippen LogP contribution >= 0.6 is 0 Å². The fourth-order valence-corrected chi connectivity index (χ4v) is 9.14. The third kappa shape index (κ3) is 40.1. The number of carbonyl (C=O) groups excluding carboxylic acids is 2. The molecule has 0 aromatic carbocycles. The molecule has 8 unspecified atom stereocenters. The van der Waals surface area contributed by atoms with Gasteiger partial charge in [-0.2, -0.15) is 0 Å². The number of amides is 1. The van der Waals surface area contributed by atoms with E-state index in [-0.39, 0.29) is 19.4 Å². The van der Waals surface area contributed by atoms with Gasteiger partial charge in [-0.15, -0.1) is 0 Å². The third-order valence-electron chi connectivity index (χ3n) is 14.0. The number of hydrogen-bond acceptors (Lipinski definition) is 10. The lowest BCUT2D eigenvalue weighted by Crippen LogP contribution is -2.61. The number of aliphatic hydroxyl groups is 5. The summed E-state index contributed by atoms with van der Waals surface area (Å²) in [5.74, 6) is -1.23. The van der Waals surface area contributed by atoms with Gasteiger partial charge >= 0.3 is 5.97 Å². The summed E-state index contributed by atoms with van der Waals surface area (Å²) in [4.78, 5) is 26.5. The Balaban J connectivity index is 2.71. The van der Waals surface area contributed by atoms with E-state index in [1.807, 2.05) is 6.08 Å². The molecule has 76 heavy (non-hydrogen) atoms. The lowest BCUT2D eigenvalue weighted by atomic mass is 9.99. The first-order chi connectivity index (χ1) is 37.2. The number of rotatable bonds is 51. The Morgan fingerprint density at radius 2 is 0.947 bits per heavy atom. The van der Waals surface area contributed by atoms with Crippen LogP contribution in [0.15, 0.2) is 85.1 Å². The zero-order valence-corrected chi connectivity index (χ0v) is 48.3. The number of allylic oxidation sites excluding steroid dienone is 13. The second kappa shape index (κ2) is 52.5. The molecule has 0 saturated carbocycles. The van der Waals surface area contributed by atoms with Crippen molar-refractivity contribution in [1.82, 2.24) is 5.32 Å². The Hall–Kier alpha value is -3.16. The molecule has 1 heterocycles. The largest absolute Gasteiger partial charge is 0.454 e. The van der Waals surface area contributed by atoms with E-state index in [9.17, 15) is 35.1 Å². The molecular formula is C65H113NO10. The van der Waals surface area contributed by atoms with Crippen LogP contribution in [0.2, 0.25) is 0 Å². The lowest BCUT2D eigenvalue weighted by Gasteiger charge is -2.41. The van der Waals surface area contributed by atoms with E-state index < -0.39 is 67.4 Å². The van der Waals surface area contributed by atoms with E-state index in [4.69, 9.17) is 14.2 Å². The Labute approximate surface area is 463 Å². The summed E-state index contributed by atoms with van der Waals surface area (Å²) in [6.07, 6.45) is 57.6. The van der Waals surface area contributed by atoms with Crippen molar-refractivity contribution in [3.05, 3.63) is 85.1 Å². The fourth-order valence-electron chi connectivity index (χ4n) is 9.14. The van der Waals surface area contributed by atoms with Crippen molar-refractivity contribution in [1.29, 1.82) is 0 Å². The van der Waals surface area contributed by atoms with Crippen LogP contribution in [0, 0.1) is 0 Å². The number of ether oxygens (including phenoxy) is 3. The van der Waals surface area contributed by atoms with Gasteiger partial charge in [0.25, 0.3) is 0 Å². The number of unbranched alkanes of at least 4 members (excludes halogenated alkanes) is 25. The van der Waals surface area contributed by atoms with Gasteiger partial charge < -0.3 is 45.1 Å².